The van der Waals surface area contributed by atoms with Gasteiger partial charge in [-0.25, -0.2) is 4.79 Å². The number of methoxy groups -OCH3 is 1. The number of piperidine rings is 1. The molecule has 0 spiro atoms. The zero-order valence-corrected chi connectivity index (χ0v) is 12.1. The molecule has 0 saturated carbocycles. The molecule has 1 aromatic carbocycles. The Morgan fingerprint density at radius 1 is 1.50 bits per heavy atom. The first kappa shape index (κ1) is 15.6. The Labute approximate surface area is 127 Å². The number of hydrogen-bond donors (Lipinski definition) is 1. The lowest BCUT2D eigenvalue weighted by molar-refractivity contribution is -0.384. The van der Waals surface area contributed by atoms with Crippen LogP contribution in [-0.4, -0.2) is 42.2 Å². The van der Waals surface area contributed by atoms with Crippen LogP contribution < -0.4 is 5.32 Å². The highest BCUT2D eigenvalue weighted by molar-refractivity contribution is 5.68. The summed E-state index contributed by atoms with van der Waals surface area (Å²) in [7, 11) is 1.34. The summed E-state index contributed by atoms with van der Waals surface area (Å²) in [6, 6.07) is 6.26. The van der Waals surface area contributed by atoms with Crippen molar-refractivity contribution in [2.75, 3.05) is 25.5 Å². The Balaban J connectivity index is 2.05. The average molecular weight is 304 g/mol. The quantitative estimate of drug-likeness (QED) is 0.676. The van der Waals surface area contributed by atoms with E-state index in [-0.39, 0.29) is 23.4 Å². The molecule has 1 fully saturated rings. The summed E-state index contributed by atoms with van der Waals surface area (Å²) in [6.45, 7) is 1.07. The number of anilines is 1. The molecule has 0 unspecified atom stereocenters. The summed E-state index contributed by atoms with van der Waals surface area (Å²) in [5.74, 6) is 0. The second-order valence-corrected chi connectivity index (χ2v) is 4.98. The van der Waals surface area contributed by atoms with Crippen LogP contribution in [0.2, 0.25) is 0 Å². The topological polar surface area (TPSA) is 108 Å². The molecule has 1 aliphatic heterocycles. The van der Waals surface area contributed by atoms with Crippen molar-refractivity contribution in [1.29, 1.82) is 5.26 Å². The number of nitrogens with one attached hydrogen (secondary N) is 1. The molecule has 1 heterocycles. The van der Waals surface area contributed by atoms with Crippen molar-refractivity contribution in [3.8, 4) is 6.07 Å². The van der Waals surface area contributed by atoms with E-state index in [1.165, 1.54) is 13.2 Å². The summed E-state index contributed by atoms with van der Waals surface area (Å²) in [4.78, 5) is 23.6. The average Bonchev–Trinajstić information content (AvgIpc) is 2.55. The standard InChI is InChI=1S/C14H16N4O4/c1-22-14(19)17-6-4-11(5-7-17)16-12-3-2-10(9-15)8-13(12)18(20)21/h2-3,8,11,16H,4-7H2,1H3. The fourth-order valence-corrected chi connectivity index (χ4v) is 2.43. The predicted molar refractivity (Wildman–Crippen MR) is 78.4 cm³/mol. The summed E-state index contributed by atoms with van der Waals surface area (Å²) in [5, 5.41) is 23.0. The van der Waals surface area contributed by atoms with Crippen molar-refractivity contribution < 1.29 is 14.5 Å². The van der Waals surface area contributed by atoms with Gasteiger partial charge >= 0.3 is 6.09 Å². The van der Waals surface area contributed by atoms with Gasteiger partial charge in [0, 0.05) is 25.2 Å². The van der Waals surface area contributed by atoms with Crippen molar-refractivity contribution in [2.24, 2.45) is 0 Å². The van der Waals surface area contributed by atoms with Crippen LogP contribution in [0, 0.1) is 21.4 Å². The fraction of sp³-hybridized carbons (Fsp3) is 0.429. The van der Waals surface area contributed by atoms with Crippen molar-refractivity contribution in [2.45, 2.75) is 18.9 Å². The highest BCUT2D eigenvalue weighted by atomic mass is 16.6. The second-order valence-electron chi connectivity index (χ2n) is 4.98. The molecular weight excluding hydrogens is 288 g/mol. The van der Waals surface area contributed by atoms with E-state index in [0.717, 1.165) is 0 Å². The van der Waals surface area contributed by atoms with E-state index < -0.39 is 4.92 Å². The lowest BCUT2D eigenvalue weighted by Gasteiger charge is -2.31. The van der Waals surface area contributed by atoms with Crippen molar-refractivity contribution >= 4 is 17.5 Å². The molecular formula is C14H16N4O4. The number of nitriles is 1. The van der Waals surface area contributed by atoms with Crippen LogP contribution in [0.1, 0.15) is 18.4 Å². The zero-order chi connectivity index (χ0) is 16.1. The number of nitro groups is 1. The maximum absolute atomic E-state index is 11.4. The number of likely N-dealkylation sites (tertiary alicyclic amines) is 1. The van der Waals surface area contributed by atoms with Crippen LogP contribution in [0.3, 0.4) is 0 Å². The van der Waals surface area contributed by atoms with Gasteiger partial charge in [0.15, 0.2) is 0 Å². The number of carbonyl (C=O) groups is 1. The molecule has 1 saturated heterocycles. The molecule has 1 aromatic rings. The van der Waals surface area contributed by atoms with E-state index in [9.17, 15) is 14.9 Å². The molecule has 8 nitrogen and oxygen atoms in total. The molecule has 1 aliphatic rings. The number of rotatable bonds is 3. The van der Waals surface area contributed by atoms with Gasteiger partial charge in [0.05, 0.1) is 23.7 Å². The van der Waals surface area contributed by atoms with Gasteiger partial charge in [0.25, 0.3) is 5.69 Å². The Morgan fingerprint density at radius 3 is 2.73 bits per heavy atom. The summed E-state index contributed by atoms with van der Waals surface area (Å²) >= 11 is 0. The minimum absolute atomic E-state index is 0.0348. The van der Waals surface area contributed by atoms with Gasteiger partial charge < -0.3 is 15.0 Å². The minimum Gasteiger partial charge on any atom is -0.453 e. The number of ether oxygens (including phenoxy) is 1. The van der Waals surface area contributed by atoms with Crippen LogP contribution in [-0.2, 0) is 4.74 Å². The van der Waals surface area contributed by atoms with E-state index in [2.05, 4.69) is 10.1 Å². The number of carbonyl (C=O) groups excluding carboxylic acids is 1. The first-order valence-electron chi connectivity index (χ1n) is 6.83. The van der Waals surface area contributed by atoms with E-state index in [0.29, 0.717) is 31.6 Å². The highest BCUT2D eigenvalue weighted by Crippen LogP contribution is 2.27. The van der Waals surface area contributed by atoms with E-state index in [1.54, 1.807) is 17.0 Å². The van der Waals surface area contributed by atoms with Gasteiger partial charge in [0.1, 0.15) is 5.69 Å². The van der Waals surface area contributed by atoms with Gasteiger partial charge in [-0.15, -0.1) is 0 Å². The third kappa shape index (κ3) is 3.44. The lowest BCUT2D eigenvalue weighted by Crippen LogP contribution is -2.42. The first-order chi connectivity index (χ1) is 10.5. The smallest absolute Gasteiger partial charge is 0.409 e. The van der Waals surface area contributed by atoms with Crippen molar-refractivity contribution in [3.63, 3.8) is 0 Å². The molecule has 0 radical (unpaired) electrons. The number of nitro benzene ring substituents is 1. The van der Waals surface area contributed by atoms with Gasteiger partial charge in [-0.2, -0.15) is 5.26 Å². The van der Waals surface area contributed by atoms with Crippen LogP contribution in [0.15, 0.2) is 18.2 Å². The summed E-state index contributed by atoms with van der Waals surface area (Å²) in [6.07, 6.45) is 0.987. The highest BCUT2D eigenvalue weighted by Gasteiger charge is 2.25. The minimum atomic E-state index is -0.507. The van der Waals surface area contributed by atoms with Crippen molar-refractivity contribution in [1.82, 2.24) is 4.90 Å². The third-order valence-electron chi connectivity index (χ3n) is 3.61. The molecule has 1 amide bonds. The molecule has 8 heteroatoms. The number of hydrogen-bond acceptors (Lipinski definition) is 6. The number of amides is 1. The van der Waals surface area contributed by atoms with Gasteiger partial charge in [-0.3, -0.25) is 10.1 Å². The van der Waals surface area contributed by atoms with Gasteiger partial charge in [0.2, 0.25) is 0 Å². The van der Waals surface area contributed by atoms with Gasteiger partial charge in [-0.1, -0.05) is 0 Å². The third-order valence-corrected chi connectivity index (χ3v) is 3.61. The Kier molecular flexibility index (Phi) is 4.78. The predicted octanol–water partition coefficient (Wildman–Crippen LogP) is 2.11. The molecule has 1 N–H and O–H groups in total. The van der Waals surface area contributed by atoms with E-state index in [1.807, 2.05) is 6.07 Å². The first-order valence-corrected chi connectivity index (χ1v) is 6.83. The van der Waals surface area contributed by atoms with E-state index in [4.69, 9.17) is 5.26 Å². The van der Waals surface area contributed by atoms with Crippen molar-refractivity contribution in [3.05, 3.63) is 33.9 Å². The Bertz CT molecular complexity index is 618. The van der Waals surface area contributed by atoms with Crippen LogP contribution in [0.5, 0.6) is 0 Å². The molecule has 2 rings (SSSR count). The zero-order valence-electron chi connectivity index (χ0n) is 12.1. The fourth-order valence-electron chi connectivity index (χ4n) is 2.43. The van der Waals surface area contributed by atoms with Crippen LogP contribution in [0.4, 0.5) is 16.2 Å². The van der Waals surface area contributed by atoms with Gasteiger partial charge in [-0.05, 0) is 25.0 Å². The summed E-state index contributed by atoms with van der Waals surface area (Å²) < 4.78 is 4.67. The lowest BCUT2D eigenvalue weighted by atomic mass is 10.0. The van der Waals surface area contributed by atoms with E-state index >= 15 is 0 Å². The molecule has 22 heavy (non-hydrogen) atoms. The maximum Gasteiger partial charge on any atom is 0.409 e. The normalized spacial score (nSPS) is 15.0. The Morgan fingerprint density at radius 2 is 2.18 bits per heavy atom. The second kappa shape index (κ2) is 6.76. The molecule has 0 aliphatic carbocycles. The summed E-state index contributed by atoms with van der Waals surface area (Å²) in [5.41, 5.74) is 0.521. The monoisotopic (exact) mass is 304 g/mol. The molecule has 0 bridgehead atoms. The number of nitrogens with zero attached hydrogens (tertiary/aromatic N) is 3. The van der Waals surface area contributed by atoms with Crippen LogP contribution in [0.25, 0.3) is 0 Å². The molecule has 0 aromatic heterocycles. The largest absolute Gasteiger partial charge is 0.453 e. The molecule has 0 atom stereocenters. The Hall–Kier alpha value is -2.82. The SMILES string of the molecule is COC(=O)N1CCC(Nc2ccc(C#N)cc2[N+](=O)[O-])CC1. The maximum atomic E-state index is 11.4. The molecule has 116 valence electrons. The number of benzene rings is 1. The van der Waals surface area contributed by atoms with Crippen LogP contribution >= 0.6 is 0 Å².